The van der Waals surface area contributed by atoms with Gasteiger partial charge in [0.1, 0.15) is 0 Å². The Morgan fingerprint density at radius 2 is 1.88 bits per heavy atom. The highest BCUT2D eigenvalue weighted by atomic mass is 79.9. The van der Waals surface area contributed by atoms with Gasteiger partial charge in [0, 0.05) is 30.7 Å². The summed E-state index contributed by atoms with van der Waals surface area (Å²) in [6.07, 6.45) is 0. The van der Waals surface area contributed by atoms with Gasteiger partial charge in [0.05, 0.1) is 19.1 Å². The Hall–Kier alpha value is -1.69. The first-order chi connectivity index (χ1) is 12.2. The Morgan fingerprint density at radius 3 is 2.60 bits per heavy atom. The molecule has 1 amide bonds. The van der Waals surface area contributed by atoms with E-state index in [1.165, 1.54) is 5.56 Å². The summed E-state index contributed by atoms with van der Waals surface area (Å²) in [6.45, 7) is 3.95. The molecule has 1 fully saturated rings. The van der Waals surface area contributed by atoms with Crippen molar-refractivity contribution in [1.82, 2.24) is 10.2 Å². The molecule has 0 aromatic heterocycles. The van der Waals surface area contributed by atoms with Crippen LogP contribution in [0.3, 0.4) is 0 Å². The quantitative estimate of drug-likeness (QED) is 0.806. The lowest BCUT2D eigenvalue weighted by atomic mass is 9.97. The van der Waals surface area contributed by atoms with Crippen molar-refractivity contribution < 1.29 is 9.53 Å². The van der Waals surface area contributed by atoms with Gasteiger partial charge in [-0.1, -0.05) is 58.4 Å². The molecule has 1 unspecified atom stereocenters. The van der Waals surface area contributed by atoms with Crippen LogP contribution in [0.25, 0.3) is 0 Å². The first kappa shape index (κ1) is 18.1. The van der Waals surface area contributed by atoms with Gasteiger partial charge in [0.2, 0.25) is 5.91 Å². The van der Waals surface area contributed by atoms with E-state index in [1.807, 2.05) is 47.4 Å². The Kier molecular flexibility index (Phi) is 6.62. The number of ether oxygens (including phenoxy) is 1. The van der Waals surface area contributed by atoms with Crippen LogP contribution in [0, 0.1) is 0 Å². The number of nitrogens with one attached hydrogen (secondary N) is 1. The van der Waals surface area contributed by atoms with Gasteiger partial charge < -0.3 is 15.0 Å². The lowest BCUT2D eigenvalue weighted by molar-refractivity contribution is -0.136. The van der Waals surface area contributed by atoms with E-state index < -0.39 is 0 Å². The zero-order valence-corrected chi connectivity index (χ0v) is 15.7. The van der Waals surface area contributed by atoms with Gasteiger partial charge in [-0.3, -0.25) is 4.79 Å². The Labute approximate surface area is 157 Å². The molecule has 0 bridgehead atoms. The van der Waals surface area contributed by atoms with Gasteiger partial charge in [-0.05, 0) is 23.3 Å². The van der Waals surface area contributed by atoms with Crippen molar-refractivity contribution in [2.45, 2.75) is 12.5 Å². The molecule has 1 aliphatic heterocycles. The van der Waals surface area contributed by atoms with Crippen LogP contribution >= 0.6 is 15.9 Å². The molecule has 0 saturated carbocycles. The van der Waals surface area contributed by atoms with Crippen molar-refractivity contribution in [3.63, 3.8) is 0 Å². The maximum absolute atomic E-state index is 13.0. The summed E-state index contributed by atoms with van der Waals surface area (Å²) in [5, 5.41) is 3.45. The van der Waals surface area contributed by atoms with Gasteiger partial charge in [0.25, 0.3) is 0 Å². The molecule has 1 atom stereocenters. The second kappa shape index (κ2) is 9.13. The fourth-order valence-electron chi connectivity index (χ4n) is 3.04. The van der Waals surface area contributed by atoms with Crippen molar-refractivity contribution in [1.29, 1.82) is 0 Å². The highest BCUT2D eigenvalue weighted by Gasteiger charge is 2.26. The third kappa shape index (κ3) is 5.14. The lowest BCUT2D eigenvalue weighted by Gasteiger charge is -2.30. The van der Waals surface area contributed by atoms with Crippen LogP contribution in [0.4, 0.5) is 0 Å². The minimum atomic E-state index is -0.175. The third-order valence-corrected chi connectivity index (χ3v) is 4.88. The molecule has 1 aliphatic rings. The van der Waals surface area contributed by atoms with Crippen LogP contribution in [-0.2, 0) is 16.1 Å². The van der Waals surface area contributed by atoms with Crippen molar-refractivity contribution in [3.8, 4) is 0 Å². The summed E-state index contributed by atoms with van der Waals surface area (Å²) in [5.41, 5.74) is 2.25. The van der Waals surface area contributed by atoms with E-state index in [4.69, 9.17) is 4.74 Å². The van der Waals surface area contributed by atoms with Gasteiger partial charge in [-0.15, -0.1) is 0 Å². The number of morpholine rings is 1. The number of halogens is 1. The lowest BCUT2D eigenvalue weighted by Crippen LogP contribution is -2.45. The smallest absolute Gasteiger partial charge is 0.231 e. The zero-order chi connectivity index (χ0) is 17.5. The molecule has 0 spiro atoms. The molecule has 25 heavy (non-hydrogen) atoms. The third-order valence-electron chi connectivity index (χ3n) is 4.39. The largest absolute Gasteiger partial charge is 0.378 e. The molecule has 2 aromatic carbocycles. The zero-order valence-electron chi connectivity index (χ0n) is 14.2. The number of nitrogens with zero attached hydrogens (tertiary/aromatic N) is 1. The number of rotatable bonds is 6. The summed E-state index contributed by atoms with van der Waals surface area (Å²) < 4.78 is 6.44. The first-order valence-corrected chi connectivity index (χ1v) is 9.40. The van der Waals surface area contributed by atoms with Crippen LogP contribution in [0.15, 0.2) is 59.1 Å². The van der Waals surface area contributed by atoms with E-state index in [0.717, 1.165) is 16.6 Å². The fraction of sp³-hybridized carbons (Fsp3) is 0.350. The summed E-state index contributed by atoms with van der Waals surface area (Å²) in [7, 11) is 0. The Morgan fingerprint density at radius 1 is 1.12 bits per heavy atom. The van der Waals surface area contributed by atoms with Crippen LogP contribution in [0.1, 0.15) is 17.0 Å². The molecular weight excluding hydrogens is 380 g/mol. The number of benzene rings is 2. The van der Waals surface area contributed by atoms with Crippen molar-refractivity contribution in [2.75, 3.05) is 32.8 Å². The van der Waals surface area contributed by atoms with Crippen LogP contribution < -0.4 is 5.32 Å². The van der Waals surface area contributed by atoms with Crippen LogP contribution in [0.5, 0.6) is 0 Å². The van der Waals surface area contributed by atoms with Crippen molar-refractivity contribution >= 4 is 21.8 Å². The van der Waals surface area contributed by atoms with E-state index in [0.29, 0.717) is 32.8 Å². The highest BCUT2D eigenvalue weighted by Crippen LogP contribution is 2.19. The molecule has 2 aromatic rings. The molecule has 132 valence electrons. The summed E-state index contributed by atoms with van der Waals surface area (Å²) in [4.78, 5) is 14.9. The molecule has 1 N–H and O–H groups in total. The van der Waals surface area contributed by atoms with E-state index in [2.05, 4.69) is 33.4 Å². The Balaban J connectivity index is 1.67. The maximum atomic E-state index is 13.0. The molecule has 4 nitrogen and oxygen atoms in total. The number of carbonyl (C=O) groups excluding carboxylic acids is 1. The average Bonchev–Trinajstić information content (AvgIpc) is 2.66. The second-order valence-electron chi connectivity index (χ2n) is 6.16. The molecule has 5 heteroatoms. The van der Waals surface area contributed by atoms with Crippen LogP contribution in [-0.4, -0.2) is 43.7 Å². The van der Waals surface area contributed by atoms with Crippen molar-refractivity contribution in [2.24, 2.45) is 0 Å². The standard InChI is InChI=1S/C20H23BrN2O2/c21-18-8-4-5-16(13-18)14-22-15-19(17-6-2-1-3-7-17)20(24)23-9-11-25-12-10-23/h1-8,13,19,22H,9-12,14-15H2. The maximum Gasteiger partial charge on any atom is 0.231 e. The number of hydrogen-bond donors (Lipinski definition) is 1. The molecule has 1 heterocycles. The summed E-state index contributed by atoms with van der Waals surface area (Å²) in [6, 6.07) is 18.2. The highest BCUT2D eigenvalue weighted by molar-refractivity contribution is 9.10. The Bertz CT molecular complexity index is 687. The minimum absolute atomic E-state index is 0.175. The second-order valence-corrected chi connectivity index (χ2v) is 7.08. The number of hydrogen-bond acceptors (Lipinski definition) is 3. The first-order valence-electron chi connectivity index (χ1n) is 8.60. The van der Waals surface area contributed by atoms with E-state index in [-0.39, 0.29) is 11.8 Å². The number of carbonyl (C=O) groups is 1. The predicted octanol–water partition coefficient (Wildman–Crippen LogP) is 3.18. The number of amides is 1. The summed E-state index contributed by atoms with van der Waals surface area (Å²) >= 11 is 3.49. The fourth-order valence-corrected chi connectivity index (χ4v) is 3.49. The summed E-state index contributed by atoms with van der Waals surface area (Å²) in [5.74, 6) is 0.00250. The SMILES string of the molecule is O=C(C(CNCc1cccc(Br)c1)c1ccccc1)N1CCOCC1. The van der Waals surface area contributed by atoms with Gasteiger partial charge in [-0.2, -0.15) is 0 Å². The molecular formula is C20H23BrN2O2. The van der Waals surface area contributed by atoms with E-state index >= 15 is 0 Å². The predicted molar refractivity (Wildman–Crippen MR) is 102 cm³/mol. The van der Waals surface area contributed by atoms with Crippen molar-refractivity contribution in [3.05, 3.63) is 70.2 Å². The topological polar surface area (TPSA) is 41.6 Å². The monoisotopic (exact) mass is 402 g/mol. The van der Waals surface area contributed by atoms with E-state index in [9.17, 15) is 4.79 Å². The van der Waals surface area contributed by atoms with Gasteiger partial charge >= 0.3 is 0 Å². The normalized spacial score (nSPS) is 15.8. The van der Waals surface area contributed by atoms with Gasteiger partial charge in [0.15, 0.2) is 0 Å². The van der Waals surface area contributed by atoms with Crippen LogP contribution in [0.2, 0.25) is 0 Å². The molecule has 3 rings (SSSR count). The molecule has 1 saturated heterocycles. The minimum Gasteiger partial charge on any atom is -0.378 e. The molecule has 0 aliphatic carbocycles. The van der Waals surface area contributed by atoms with E-state index in [1.54, 1.807) is 0 Å². The molecule has 0 radical (unpaired) electrons. The van der Waals surface area contributed by atoms with Gasteiger partial charge in [-0.25, -0.2) is 0 Å². The average molecular weight is 403 g/mol.